The average Bonchev–Trinajstić information content (AvgIpc) is 3.38. The van der Waals surface area contributed by atoms with E-state index in [1.807, 2.05) is 32.0 Å². The fourth-order valence-corrected chi connectivity index (χ4v) is 6.75. The van der Waals surface area contributed by atoms with E-state index in [0.717, 1.165) is 54.0 Å². The fourth-order valence-electron chi connectivity index (χ4n) is 6.75. The molecule has 5 rings (SSSR count). The normalized spacial score (nSPS) is 26.5. The molecule has 208 valence electrons. The first-order valence-corrected chi connectivity index (χ1v) is 14.1. The number of alkyl halides is 3. The van der Waals surface area contributed by atoms with Crippen LogP contribution in [0, 0.1) is 31.1 Å². The van der Waals surface area contributed by atoms with Crippen LogP contribution in [0.5, 0.6) is 0 Å². The van der Waals surface area contributed by atoms with E-state index >= 15 is 0 Å². The summed E-state index contributed by atoms with van der Waals surface area (Å²) in [6, 6.07) is 6.31. The lowest BCUT2D eigenvalue weighted by Gasteiger charge is -2.38. The van der Waals surface area contributed by atoms with Crippen molar-refractivity contribution in [3.05, 3.63) is 46.5 Å². The summed E-state index contributed by atoms with van der Waals surface area (Å²) in [5.74, 6) is 1.83. The van der Waals surface area contributed by atoms with Gasteiger partial charge in [-0.2, -0.15) is 13.2 Å². The number of benzene rings is 1. The zero-order chi connectivity index (χ0) is 27.4. The Labute approximate surface area is 224 Å². The second-order valence-electron chi connectivity index (χ2n) is 13.4. The van der Waals surface area contributed by atoms with Crippen LogP contribution in [0.4, 0.5) is 13.2 Å². The van der Waals surface area contributed by atoms with E-state index in [2.05, 4.69) is 35.5 Å². The molecular formula is C30H41F3N4O. The van der Waals surface area contributed by atoms with Crippen molar-refractivity contribution in [2.45, 2.75) is 97.2 Å². The van der Waals surface area contributed by atoms with Crippen LogP contribution in [0.1, 0.15) is 99.1 Å². The molecule has 5 nitrogen and oxygen atoms in total. The first-order valence-electron chi connectivity index (χ1n) is 14.1. The van der Waals surface area contributed by atoms with Crippen molar-refractivity contribution < 1.29 is 18.0 Å². The number of hydrogen-bond acceptors (Lipinski definition) is 4. The number of aryl methyl sites for hydroxylation is 2. The lowest BCUT2D eigenvalue weighted by molar-refractivity contribution is -0.144. The third kappa shape index (κ3) is 6.16. The highest BCUT2D eigenvalue weighted by molar-refractivity contribution is 5.85. The van der Waals surface area contributed by atoms with Gasteiger partial charge in [0.1, 0.15) is 17.4 Å². The van der Waals surface area contributed by atoms with Crippen molar-refractivity contribution >= 4 is 5.78 Å². The molecule has 1 aromatic carbocycles. The van der Waals surface area contributed by atoms with Crippen molar-refractivity contribution in [1.82, 2.24) is 19.7 Å². The number of rotatable bonds is 8. The number of ketones is 1. The van der Waals surface area contributed by atoms with Gasteiger partial charge in [0.2, 0.25) is 0 Å². The van der Waals surface area contributed by atoms with Gasteiger partial charge in [0.25, 0.3) is 0 Å². The molecule has 3 aliphatic rings. The van der Waals surface area contributed by atoms with Crippen molar-refractivity contribution in [3.63, 3.8) is 0 Å². The van der Waals surface area contributed by atoms with E-state index in [9.17, 15) is 18.0 Å². The second-order valence-corrected chi connectivity index (χ2v) is 13.4. The van der Waals surface area contributed by atoms with E-state index in [4.69, 9.17) is 0 Å². The summed E-state index contributed by atoms with van der Waals surface area (Å²) < 4.78 is 42.4. The molecule has 2 heterocycles. The molecule has 2 aliphatic carbocycles. The molecule has 1 saturated heterocycles. The minimum Gasteiger partial charge on any atom is -0.311 e. The molecule has 2 atom stereocenters. The van der Waals surface area contributed by atoms with Crippen LogP contribution >= 0.6 is 0 Å². The molecule has 1 aliphatic heterocycles. The van der Waals surface area contributed by atoms with Gasteiger partial charge in [-0.15, -0.1) is 10.2 Å². The largest absolute Gasteiger partial charge is 0.401 e. The van der Waals surface area contributed by atoms with Crippen LogP contribution in [-0.2, 0) is 11.2 Å². The Balaban J connectivity index is 1.40. The van der Waals surface area contributed by atoms with Crippen LogP contribution in [0.15, 0.2) is 18.2 Å². The third-order valence-electron chi connectivity index (χ3n) is 8.57. The summed E-state index contributed by atoms with van der Waals surface area (Å²) in [6.45, 7) is 10.1. The van der Waals surface area contributed by atoms with Gasteiger partial charge in [-0.3, -0.25) is 9.69 Å². The molecule has 3 fully saturated rings. The lowest BCUT2D eigenvalue weighted by Crippen LogP contribution is -2.33. The van der Waals surface area contributed by atoms with E-state index in [-0.39, 0.29) is 31.2 Å². The molecular weight excluding hydrogens is 489 g/mol. The number of nitrogens with zero attached hydrogens (tertiary/aromatic N) is 4. The van der Waals surface area contributed by atoms with Crippen molar-refractivity contribution in [2.75, 3.05) is 19.6 Å². The van der Waals surface area contributed by atoms with Crippen LogP contribution in [0.3, 0.4) is 0 Å². The molecule has 0 unspecified atom stereocenters. The zero-order valence-corrected chi connectivity index (χ0v) is 23.3. The van der Waals surface area contributed by atoms with E-state index < -0.39 is 18.6 Å². The van der Waals surface area contributed by atoms with Gasteiger partial charge >= 0.3 is 6.18 Å². The highest BCUT2D eigenvalue weighted by Gasteiger charge is 2.47. The zero-order valence-electron chi connectivity index (χ0n) is 23.3. The highest BCUT2D eigenvalue weighted by Crippen LogP contribution is 2.49. The predicted molar refractivity (Wildman–Crippen MR) is 141 cm³/mol. The minimum absolute atomic E-state index is 0.00703. The summed E-state index contributed by atoms with van der Waals surface area (Å²) in [6.07, 6.45) is 1.35. The first kappa shape index (κ1) is 27.4. The number of Topliss-reactive ketones (excluding diaryl/α,β-unsaturated/α-hetero) is 1. The van der Waals surface area contributed by atoms with Crippen LogP contribution < -0.4 is 0 Å². The molecule has 0 radical (unpaired) electrons. The van der Waals surface area contributed by atoms with Crippen LogP contribution in [0.2, 0.25) is 0 Å². The smallest absolute Gasteiger partial charge is 0.311 e. The van der Waals surface area contributed by atoms with Gasteiger partial charge in [0.05, 0.1) is 6.54 Å². The third-order valence-corrected chi connectivity index (χ3v) is 8.57. The summed E-state index contributed by atoms with van der Waals surface area (Å²) in [5, 5.41) is 9.25. The summed E-state index contributed by atoms with van der Waals surface area (Å²) >= 11 is 0. The van der Waals surface area contributed by atoms with Gasteiger partial charge in [0, 0.05) is 43.3 Å². The Morgan fingerprint density at radius 1 is 1.03 bits per heavy atom. The molecule has 0 bridgehead atoms. The quantitative estimate of drug-likeness (QED) is 0.388. The minimum atomic E-state index is -4.31. The number of carbonyl (C=O) groups excluding carboxylic acids is 1. The molecule has 8 heteroatoms. The maximum Gasteiger partial charge on any atom is 0.401 e. The summed E-state index contributed by atoms with van der Waals surface area (Å²) in [5.41, 5.74) is 3.40. The topological polar surface area (TPSA) is 51.0 Å². The maximum absolute atomic E-state index is 13.7. The van der Waals surface area contributed by atoms with Gasteiger partial charge in [-0.25, -0.2) is 0 Å². The van der Waals surface area contributed by atoms with Gasteiger partial charge in [-0.05, 0) is 68.4 Å². The fraction of sp³-hybridized carbons (Fsp3) is 0.700. The van der Waals surface area contributed by atoms with Gasteiger partial charge in [-0.1, -0.05) is 44.5 Å². The molecule has 0 N–H and O–H groups in total. The Morgan fingerprint density at radius 3 is 2.32 bits per heavy atom. The molecule has 2 saturated carbocycles. The standard InChI is InChI=1S/C30H41F3N4O/c1-18-6-7-21(19(2)10-18)13-26(38)24-15-36(17-30(31,32)33)16-25(24)28-35-34-27(37(28)23-8-9-23)22-11-20(12-22)14-29(3,4)5/h6-7,10,20,22-25H,8-9,11-17H2,1-5H3/t20?,22?,24-,25-/m0/s1. The van der Waals surface area contributed by atoms with Crippen molar-refractivity contribution in [3.8, 4) is 0 Å². The maximum atomic E-state index is 13.7. The van der Waals surface area contributed by atoms with E-state index in [1.165, 1.54) is 11.3 Å². The second kappa shape index (κ2) is 10.1. The number of aromatic nitrogens is 3. The molecule has 2 aromatic rings. The number of likely N-dealkylation sites (tertiary alicyclic amines) is 1. The van der Waals surface area contributed by atoms with Crippen molar-refractivity contribution in [1.29, 1.82) is 0 Å². The Morgan fingerprint density at radius 2 is 1.71 bits per heavy atom. The molecule has 0 amide bonds. The van der Waals surface area contributed by atoms with Gasteiger partial charge in [0.15, 0.2) is 0 Å². The molecule has 1 aromatic heterocycles. The van der Waals surface area contributed by atoms with Crippen LogP contribution in [-0.4, -0.2) is 51.3 Å². The number of carbonyl (C=O) groups is 1. The first-order chi connectivity index (χ1) is 17.8. The summed E-state index contributed by atoms with van der Waals surface area (Å²) in [4.78, 5) is 15.1. The number of halogens is 3. The van der Waals surface area contributed by atoms with Gasteiger partial charge < -0.3 is 4.57 Å². The highest BCUT2D eigenvalue weighted by atomic mass is 19.4. The van der Waals surface area contributed by atoms with Crippen molar-refractivity contribution in [2.24, 2.45) is 17.3 Å². The molecule has 0 spiro atoms. The summed E-state index contributed by atoms with van der Waals surface area (Å²) in [7, 11) is 0. The predicted octanol–water partition coefficient (Wildman–Crippen LogP) is 6.55. The number of hydrogen-bond donors (Lipinski definition) is 0. The lowest BCUT2D eigenvalue weighted by atomic mass is 9.68. The monoisotopic (exact) mass is 530 g/mol. The molecule has 38 heavy (non-hydrogen) atoms. The Bertz CT molecular complexity index is 1170. The van der Waals surface area contributed by atoms with E-state index in [0.29, 0.717) is 23.3 Å². The van der Waals surface area contributed by atoms with E-state index in [1.54, 1.807) is 0 Å². The Hall–Kier alpha value is -2.22. The Kier molecular flexibility index (Phi) is 7.25. The average molecular weight is 531 g/mol. The van der Waals surface area contributed by atoms with Crippen LogP contribution in [0.25, 0.3) is 0 Å². The SMILES string of the molecule is Cc1ccc(CC(=O)[C@H]2CN(CC(F)(F)F)C[C@@H]2c2nnc(C3CC(CC(C)(C)C)C3)n2C2CC2)c(C)c1.